The average Bonchev–Trinajstić information content (AvgIpc) is 2.39. The van der Waals surface area contributed by atoms with E-state index in [2.05, 4.69) is 5.16 Å². The maximum absolute atomic E-state index is 12.0. The summed E-state index contributed by atoms with van der Waals surface area (Å²) >= 11 is 0. The van der Waals surface area contributed by atoms with E-state index in [-0.39, 0.29) is 17.8 Å². The lowest BCUT2D eigenvalue weighted by atomic mass is 9.96. The number of amidine groups is 1. The Labute approximate surface area is 102 Å². The predicted molar refractivity (Wildman–Crippen MR) is 66.0 cm³/mol. The molecule has 1 rings (SSSR count). The summed E-state index contributed by atoms with van der Waals surface area (Å²) in [5, 5.41) is 11.6. The molecular weight excluding hydrogens is 220 g/mol. The second-order valence-electron chi connectivity index (χ2n) is 4.24. The van der Waals surface area contributed by atoms with E-state index in [1.807, 2.05) is 23.6 Å². The summed E-state index contributed by atoms with van der Waals surface area (Å²) in [6, 6.07) is 0.0907. The molecule has 0 aromatic heterocycles. The van der Waals surface area contributed by atoms with Gasteiger partial charge >= 0.3 is 6.03 Å². The fourth-order valence-corrected chi connectivity index (χ4v) is 2.14. The van der Waals surface area contributed by atoms with Crippen LogP contribution in [0.4, 0.5) is 4.79 Å². The molecule has 0 aromatic rings. The van der Waals surface area contributed by atoms with Crippen molar-refractivity contribution in [2.75, 3.05) is 26.2 Å². The van der Waals surface area contributed by atoms with Gasteiger partial charge in [0.05, 0.1) is 0 Å². The normalized spacial score (nSPS) is 18.2. The van der Waals surface area contributed by atoms with Crippen molar-refractivity contribution in [2.24, 2.45) is 16.8 Å². The van der Waals surface area contributed by atoms with Gasteiger partial charge in [0, 0.05) is 32.1 Å². The number of hydrogen-bond donors (Lipinski definition) is 2. The Morgan fingerprint density at radius 3 is 2.35 bits per heavy atom. The number of piperidine rings is 1. The van der Waals surface area contributed by atoms with Crippen LogP contribution in [0.5, 0.6) is 0 Å². The molecule has 0 saturated carbocycles. The summed E-state index contributed by atoms with van der Waals surface area (Å²) in [6.07, 6.45) is 1.53. The Morgan fingerprint density at radius 1 is 1.41 bits per heavy atom. The van der Waals surface area contributed by atoms with E-state index in [0.717, 1.165) is 25.9 Å². The van der Waals surface area contributed by atoms with Gasteiger partial charge in [0.1, 0.15) is 5.84 Å². The van der Waals surface area contributed by atoms with Gasteiger partial charge in [-0.05, 0) is 26.7 Å². The van der Waals surface area contributed by atoms with Crippen LogP contribution in [0.2, 0.25) is 0 Å². The first-order chi connectivity index (χ1) is 8.13. The van der Waals surface area contributed by atoms with Gasteiger partial charge in [0.25, 0.3) is 0 Å². The van der Waals surface area contributed by atoms with E-state index in [1.54, 1.807) is 0 Å². The molecule has 0 aromatic carbocycles. The Bertz CT molecular complexity index is 281. The maximum Gasteiger partial charge on any atom is 0.319 e. The number of hydrogen-bond acceptors (Lipinski definition) is 3. The fraction of sp³-hybridized carbons (Fsp3) is 0.818. The van der Waals surface area contributed by atoms with Gasteiger partial charge in [-0.1, -0.05) is 5.16 Å². The van der Waals surface area contributed by atoms with Gasteiger partial charge in [0.2, 0.25) is 0 Å². The Balaban J connectivity index is 2.49. The molecule has 0 spiro atoms. The average molecular weight is 242 g/mol. The molecule has 98 valence electrons. The lowest BCUT2D eigenvalue weighted by molar-refractivity contribution is 0.142. The van der Waals surface area contributed by atoms with Crippen molar-refractivity contribution in [1.82, 2.24) is 9.80 Å². The van der Waals surface area contributed by atoms with Crippen LogP contribution in [0, 0.1) is 5.92 Å². The third-order valence-electron chi connectivity index (χ3n) is 3.33. The molecule has 0 aliphatic carbocycles. The van der Waals surface area contributed by atoms with Crippen LogP contribution in [0.1, 0.15) is 26.7 Å². The molecule has 0 unspecified atom stereocenters. The zero-order chi connectivity index (χ0) is 12.8. The third-order valence-corrected chi connectivity index (χ3v) is 3.33. The Morgan fingerprint density at radius 2 is 1.94 bits per heavy atom. The molecule has 1 aliphatic heterocycles. The molecule has 6 heteroatoms. The number of carbonyl (C=O) groups excluding carboxylic acids is 1. The predicted octanol–water partition coefficient (Wildman–Crippen LogP) is 0.907. The second kappa shape index (κ2) is 6.32. The maximum atomic E-state index is 12.0. The number of nitrogens with two attached hydrogens (primary N) is 1. The minimum Gasteiger partial charge on any atom is -0.409 e. The highest BCUT2D eigenvalue weighted by Crippen LogP contribution is 2.18. The van der Waals surface area contributed by atoms with Crippen molar-refractivity contribution in [2.45, 2.75) is 26.7 Å². The number of urea groups is 1. The van der Waals surface area contributed by atoms with Crippen molar-refractivity contribution in [3.05, 3.63) is 0 Å². The summed E-state index contributed by atoms with van der Waals surface area (Å²) in [5.41, 5.74) is 5.57. The van der Waals surface area contributed by atoms with Gasteiger partial charge in [-0.25, -0.2) is 4.79 Å². The van der Waals surface area contributed by atoms with Crippen LogP contribution in [-0.2, 0) is 0 Å². The van der Waals surface area contributed by atoms with Gasteiger partial charge in [-0.15, -0.1) is 0 Å². The highest BCUT2D eigenvalue weighted by Gasteiger charge is 2.26. The summed E-state index contributed by atoms with van der Waals surface area (Å²) < 4.78 is 0. The third kappa shape index (κ3) is 3.25. The molecular formula is C11H22N4O2. The van der Waals surface area contributed by atoms with Gasteiger partial charge < -0.3 is 20.7 Å². The Kier molecular flexibility index (Phi) is 5.06. The second-order valence-corrected chi connectivity index (χ2v) is 4.24. The summed E-state index contributed by atoms with van der Waals surface area (Å²) in [7, 11) is 0. The van der Waals surface area contributed by atoms with Crippen LogP contribution in [0.25, 0.3) is 0 Å². The quantitative estimate of drug-likeness (QED) is 0.334. The Hall–Kier alpha value is -1.46. The van der Waals surface area contributed by atoms with Crippen LogP contribution in [0.15, 0.2) is 5.16 Å². The highest BCUT2D eigenvalue weighted by atomic mass is 16.4. The number of carbonyl (C=O) groups is 1. The number of likely N-dealkylation sites (tertiary alicyclic amines) is 1. The standard InChI is InChI=1S/C11H22N4O2/c1-3-14(4-2)11(16)15-7-5-9(6-8-15)10(12)13-17/h9,17H,3-8H2,1-2H3,(H2,12,13). The van der Waals surface area contributed by atoms with E-state index in [4.69, 9.17) is 10.9 Å². The molecule has 0 atom stereocenters. The summed E-state index contributed by atoms with van der Waals surface area (Å²) in [5.74, 6) is 0.376. The van der Waals surface area contributed by atoms with E-state index >= 15 is 0 Å². The SMILES string of the molecule is CCN(CC)C(=O)N1CCC(C(N)=NO)CC1. The first-order valence-electron chi connectivity index (χ1n) is 6.15. The zero-order valence-electron chi connectivity index (χ0n) is 10.6. The summed E-state index contributed by atoms with van der Waals surface area (Å²) in [4.78, 5) is 15.7. The number of amides is 2. The van der Waals surface area contributed by atoms with Crippen LogP contribution >= 0.6 is 0 Å². The van der Waals surface area contributed by atoms with Crippen LogP contribution < -0.4 is 5.73 Å². The zero-order valence-corrected chi connectivity index (χ0v) is 10.6. The molecule has 1 heterocycles. The van der Waals surface area contributed by atoms with Crippen molar-refractivity contribution in [3.8, 4) is 0 Å². The van der Waals surface area contributed by atoms with Gasteiger partial charge in [-0.3, -0.25) is 0 Å². The van der Waals surface area contributed by atoms with E-state index < -0.39 is 0 Å². The molecule has 6 nitrogen and oxygen atoms in total. The number of nitrogens with zero attached hydrogens (tertiary/aromatic N) is 3. The molecule has 2 amide bonds. The lowest BCUT2D eigenvalue weighted by Gasteiger charge is -2.34. The fourth-order valence-electron chi connectivity index (χ4n) is 2.14. The molecule has 1 saturated heterocycles. The number of rotatable bonds is 3. The van der Waals surface area contributed by atoms with Crippen LogP contribution in [-0.4, -0.2) is 53.1 Å². The highest BCUT2D eigenvalue weighted by molar-refractivity contribution is 5.82. The minimum atomic E-state index is 0.0907. The van der Waals surface area contributed by atoms with E-state index in [9.17, 15) is 4.79 Å². The van der Waals surface area contributed by atoms with E-state index in [0.29, 0.717) is 13.1 Å². The first kappa shape index (κ1) is 13.6. The first-order valence-corrected chi connectivity index (χ1v) is 6.15. The van der Waals surface area contributed by atoms with Crippen molar-refractivity contribution < 1.29 is 10.0 Å². The summed E-state index contributed by atoms with van der Waals surface area (Å²) in [6.45, 7) is 6.77. The molecule has 0 radical (unpaired) electrons. The van der Waals surface area contributed by atoms with Crippen molar-refractivity contribution in [1.29, 1.82) is 0 Å². The van der Waals surface area contributed by atoms with E-state index in [1.165, 1.54) is 0 Å². The molecule has 0 bridgehead atoms. The molecule has 17 heavy (non-hydrogen) atoms. The van der Waals surface area contributed by atoms with Crippen molar-refractivity contribution >= 4 is 11.9 Å². The van der Waals surface area contributed by atoms with Gasteiger partial charge in [-0.2, -0.15) is 0 Å². The molecule has 1 aliphatic rings. The number of oxime groups is 1. The lowest BCUT2D eigenvalue weighted by Crippen LogP contribution is -2.48. The minimum absolute atomic E-state index is 0.0907. The monoisotopic (exact) mass is 242 g/mol. The van der Waals surface area contributed by atoms with Crippen molar-refractivity contribution in [3.63, 3.8) is 0 Å². The smallest absolute Gasteiger partial charge is 0.319 e. The van der Waals surface area contributed by atoms with Gasteiger partial charge in [0.15, 0.2) is 0 Å². The topological polar surface area (TPSA) is 82.2 Å². The largest absolute Gasteiger partial charge is 0.409 e. The van der Waals surface area contributed by atoms with Crippen LogP contribution in [0.3, 0.4) is 0 Å². The molecule has 1 fully saturated rings. The molecule has 3 N–H and O–H groups in total.